The maximum Gasteiger partial charge on any atom is 0.412 e. The first-order valence-corrected chi connectivity index (χ1v) is 11.1. The van der Waals surface area contributed by atoms with Crippen LogP contribution in [0.25, 0.3) is 0 Å². The van der Waals surface area contributed by atoms with Gasteiger partial charge in [0.2, 0.25) is 5.91 Å². The second-order valence-electron chi connectivity index (χ2n) is 8.38. The molecule has 1 aliphatic heterocycles. The minimum atomic E-state index is -0.667. The molecule has 1 aliphatic carbocycles. The largest absolute Gasteiger partial charge is 0.469 e. The Morgan fingerprint density at radius 1 is 0.906 bits per heavy atom. The lowest BCUT2D eigenvalue weighted by Crippen LogP contribution is -2.47. The Morgan fingerprint density at radius 3 is 2.06 bits per heavy atom. The Morgan fingerprint density at radius 2 is 1.50 bits per heavy atom. The highest BCUT2D eigenvalue weighted by molar-refractivity contribution is 6.04. The van der Waals surface area contributed by atoms with Crippen molar-refractivity contribution in [2.75, 3.05) is 32.2 Å². The van der Waals surface area contributed by atoms with Gasteiger partial charge in [0.15, 0.2) is 0 Å². The minimum absolute atomic E-state index is 0.00885. The normalized spacial score (nSPS) is 21.4. The van der Waals surface area contributed by atoms with Crippen LogP contribution in [0.1, 0.15) is 44.1 Å². The maximum absolute atomic E-state index is 12.7. The van der Waals surface area contributed by atoms with E-state index in [1.165, 1.54) is 14.2 Å². The first-order valence-electron chi connectivity index (χ1n) is 11.1. The molecule has 0 unspecified atom stereocenters. The van der Waals surface area contributed by atoms with Crippen LogP contribution in [-0.2, 0) is 19.1 Å². The first-order chi connectivity index (χ1) is 15.4. The van der Waals surface area contributed by atoms with Crippen molar-refractivity contribution in [3.05, 3.63) is 29.8 Å². The topological polar surface area (TPSA) is 121 Å². The van der Waals surface area contributed by atoms with Crippen LogP contribution >= 0.6 is 0 Å². The summed E-state index contributed by atoms with van der Waals surface area (Å²) in [6, 6.07) is 7.62. The van der Waals surface area contributed by atoms with Gasteiger partial charge in [-0.2, -0.15) is 0 Å². The number of anilines is 1. The van der Waals surface area contributed by atoms with Crippen LogP contribution in [0.15, 0.2) is 24.3 Å². The second-order valence-corrected chi connectivity index (χ2v) is 8.38. The molecule has 3 N–H and O–H groups in total. The molecule has 0 atom stereocenters. The molecule has 9 heteroatoms. The fraction of sp³-hybridized carbons (Fsp3) is 0.565. The fourth-order valence-corrected chi connectivity index (χ4v) is 4.42. The SMILES string of the molecule is COC(=O)NC(=N)c1ccc(N2CCC(NC(=O)[C@H]3CC[C@H](C(=O)OC)CC3)CC2)cc1. The van der Waals surface area contributed by atoms with Gasteiger partial charge in [0.25, 0.3) is 0 Å². The zero-order chi connectivity index (χ0) is 23.1. The number of nitrogens with one attached hydrogen (secondary N) is 3. The van der Waals surface area contributed by atoms with Gasteiger partial charge in [-0.1, -0.05) is 0 Å². The Kier molecular flexibility index (Phi) is 8.08. The van der Waals surface area contributed by atoms with Gasteiger partial charge in [0.05, 0.1) is 20.1 Å². The predicted octanol–water partition coefficient (Wildman–Crippen LogP) is 2.43. The number of carbonyl (C=O) groups excluding carboxylic acids is 3. The van der Waals surface area contributed by atoms with Crippen molar-refractivity contribution in [3.63, 3.8) is 0 Å². The third kappa shape index (κ3) is 5.99. The summed E-state index contributed by atoms with van der Waals surface area (Å²) in [4.78, 5) is 37.8. The summed E-state index contributed by atoms with van der Waals surface area (Å²) in [5.41, 5.74) is 1.65. The van der Waals surface area contributed by atoms with Crippen molar-refractivity contribution in [3.8, 4) is 0 Å². The highest BCUT2D eigenvalue weighted by Crippen LogP contribution is 2.30. The number of carbonyl (C=O) groups is 3. The number of hydrogen-bond acceptors (Lipinski definition) is 7. The van der Waals surface area contributed by atoms with Gasteiger partial charge in [-0.3, -0.25) is 20.3 Å². The van der Waals surface area contributed by atoms with E-state index in [0.717, 1.165) is 44.5 Å². The number of benzene rings is 1. The molecule has 2 amide bonds. The smallest absolute Gasteiger partial charge is 0.412 e. The third-order valence-electron chi connectivity index (χ3n) is 6.41. The second kappa shape index (κ2) is 11.0. The molecule has 0 spiro atoms. The van der Waals surface area contributed by atoms with Crippen molar-refractivity contribution < 1.29 is 23.9 Å². The van der Waals surface area contributed by atoms with Gasteiger partial charge in [0, 0.05) is 36.3 Å². The lowest BCUT2D eigenvalue weighted by atomic mass is 9.81. The third-order valence-corrected chi connectivity index (χ3v) is 6.41. The highest BCUT2D eigenvalue weighted by atomic mass is 16.5. The molecule has 1 saturated heterocycles. The van der Waals surface area contributed by atoms with Gasteiger partial charge >= 0.3 is 12.1 Å². The van der Waals surface area contributed by atoms with E-state index in [4.69, 9.17) is 10.1 Å². The van der Waals surface area contributed by atoms with Crippen LogP contribution in [0.4, 0.5) is 10.5 Å². The molecule has 0 aromatic heterocycles. The van der Waals surface area contributed by atoms with Gasteiger partial charge < -0.3 is 19.7 Å². The Labute approximate surface area is 188 Å². The van der Waals surface area contributed by atoms with Crippen molar-refractivity contribution >= 4 is 29.5 Å². The molecule has 2 aliphatic rings. The number of alkyl carbamates (subject to hydrolysis) is 1. The Hall–Kier alpha value is -3.10. The molecule has 174 valence electrons. The van der Waals surface area contributed by atoms with Crippen molar-refractivity contribution in [1.82, 2.24) is 10.6 Å². The van der Waals surface area contributed by atoms with Gasteiger partial charge in [-0.25, -0.2) is 4.79 Å². The lowest BCUT2D eigenvalue weighted by Gasteiger charge is -2.35. The maximum atomic E-state index is 12.7. The molecule has 3 rings (SSSR count). The number of esters is 1. The number of ether oxygens (including phenoxy) is 2. The van der Waals surface area contributed by atoms with E-state index in [1.807, 2.05) is 12.1 Å². The molecule has 2 fully saturated rings. The van der Waals surface area contributed by atoms with Crippen LogP contribution < -0.4 is 15.5 Å². The van der Waals surface area contributed by atoms with E-state index in [1.54, 1.807) is 12.1 Å². The summed E-state index contributed by atoms with van der Waals surface area (Å²) in [5, 5.41) is 13.5. The highest BCUT2D eigenvalue weighted by Gasteiger charge is 2.31. The number of nitrogens with zero attached hydrogens (tertiary/aromatic N) is 1. The summed E-state index contributed by atoms with van der Waals surface area (Å²) in [6.07, 6.45) is 3.96. The fourth-order valence-electron chi connectivity index (χ4n) is 4.42. The van der Waals surface area contributed by atoms with Gasteiger partial charge in [0.1, 0.15) is 5.84 Å². The zero-order valence-electron chi connectivity index (χ0n) is 18.7. The number of hydrogen-bond donors (Lipinski definition) is 3. The summed E-state index contributed by atoms with van der Waals surface area (Å²) >= 11 is 0. The van der Waals surface area contributed by atoms with Crippen molar-refractivity contribution in [2.24, 2.45) is 11.8 Å². The molecule has 1 aromatic rings. The molecular formula is C23H32N4O5. The number of amidine groups is 1. The monoisotopic (exact) mass is 444 g/mol. The molecule has 1 heterocycles. The van der Waals surface area contributed by atoms with Crippen LogP contribution in [-0.4, -0.2) is 57.2 Å². The number of amides is 2. The number of piperidine rings is 1. The molecule has 32 heavy (non-hydrogen) atoms. The Bertz CT molecular complexity index is 825. The quantitative estimate of drug-likeness (QED) is 0.364. The van der Waals surface area contributed by atoms with E-state index < -0.39 is 6.09 Å². The summed E-state index contributed by atoms with van der Waals surface area (Å²) in [7, 11) is 2.67. The van der Waals surface area contributed by atoms with Gasteiger partial charge in [-0.05, 0) is 62.8 Å². The molecule has 9 nitrogen and oxygen atoms in total. The van der Waals surface area contributed by atoms with Crippen LogP contribution in [0.5, 0.6) is 0 Å². The Balaban J connectivity index is 1.43. The van der Waals surface area contributed by atoms with Crippen LogP contribution in [0.3, 0.4) is 0 Å². The average molecular weight is 445 g/mol. The van der Waals surface area contributed by atoms with Crippen LogP contribution in [0, 0.1) is 17.2 Å². The molecule has 1 saturated carbocycles. The number of rotatable bonds is 5. The summed E-state index contributed by atoms with van der Waals surface area (Å²) < 4.78 is 9.32. The summed E-state index contributed by atoms with van der Waals surface area (Å²) in [5.74, 6) is -0.159. The molecule has 1 aromatic carbocycles. The molecule has 0 bridgehead atoms. The standard InChI is InChI=1S/C23H32N4O5/c1-31-22(29)17-5-3-16(4-6-17)21(28)25-18-11-13-27(14-12-18)19-9-7-15(8-10-19)20(24)26-23(30)32-2/h7-10,16-18H,3-6,11-14H2,1-2H3,(H,25,28)(H2,24,26,30)/t16-,17-. The zero-order valence-corrected chi connectivity index (χ0v) is 18.7. The van der Waals surface area contributed by atoms with Crippen molar-refractivity contribution in [1.29, 1.82) is 5.41 Å². The van der Waals surface area contributed by atoms with E-state index in [0.29, 0.717) is 18.4 Å². The average Bonchev–Trinajstić information content (AvgIpc) is 2.84. The van der Waals surface area contributed by atoms with E-state index in [2.05, 4.69) is 20.3 Å². The van der Waals surface area contributed by atoms with Crippen LogP contribution in [0.2, 0.25) is 0 Å². The predicted molar refractivity (Wildman–Crippen MR) is 120 cm³/mol. The van der Waals surface area contributed by atoms with E-state index >= 15 is 0 Å². The first kappa shape index (κ1) is 23.6. The van der Waals surface area contributed by atoms with Gasteiger partial charge in [-0.15, -0.1) is 0 Å². The summed E-state index contributed by atoms with van der Waals surface area (Å²) in [6.45, 7) is 1.66. The molecule has 0 radical (unpaired) electrons. The van der Waals surface area contributed by atoms with E-state index in [9.17, 15) is 14.4 Å². The lowest BCUT2D eigenvalue weighted by molar-refractivity contribution is -0.147. The van der Waals surface area contributed by atoms with Crippen molar-refractivity contribution in [2.45, 2.75) is 44.6 Å². The van der Waals surface area contributed by atoms with E-state index in [-0.39, 0.29) is 35.6 Å². The number of methoxy groups -OCH3 is 2. The minimum Gasteiger partial charge on any atom is -0.469 e. The molecular weight excluding hydrogens is 412 g/mol.